The maximum Gasteiger partial charge on any atom is 0.263 e. The van der Waals surface area contributed by atoms with Gasteiger partial charge in [0.15, 0.2) is 0 Å². The van der Waals surface area contributed by atoms with Gasteiger partial charge in [-0.2, -0.15) is 0 Å². The van der Waals surface area contributed by atoms with Gasteiger partial charge in [0.1, 0.15) is 12.7 Å². The van der Waals surface area contributed by atoms with Gasteiger partial charge in [-0.3, -0.25) is 4.72 Å². The van der Waals surface area contributed by atoms with Gasteiger partial charge >= 0.3 is 0 Å². The topological polar surface area (TPSA) is 123 Å². The summed E-state index contributed by atoms with van der Waals surface area (Å²) in [5.74, 6) is 0.460. The van der Waals surface area contributed by atoms with E-state index in [4.69, 9.17) is 23.5 Å². The second-order valence-corrected chi connectivity index (χ2v) is 14.5. The fourth-order valence-electron chi connectivity index (χ4n) is 3.69. The number of nitrogens with two attached hydrogens (primary N) is 1. The van der Waals surface area contributed by atoms with E-state index in [1.807, 2.05) is 41.6 Å². The third-order valence-electron chi connectivity index (χ3n) is 5.61. The molecule has 2 heterocycles. The fourth-order valence-corrected chi connectivity index (χ4v) is 8.48. The number of hydrogen-bond acceptors (Lipinski definition) is 8. The van der Waals surface area contributed by atoms with Crippen LogP contribution in [0.25, 0.3) is 21.8 Å². The number of halogens is 1. The smallest absolute Gasteiger partial charge is 0.263 e. The van der Waals surface area contributed by atoms with Crippen molar-refractivity contribution in [1.29, 1.82) is 0 Å². The Morgan fingerprint density at radius 2 is 1.87 bits per heavy atom. The lowest BCUT2D eigenvalue weighted by Gasteiger charge is -2.16. The van der Waals surface area contributed by atoms with Gasteiger partial charge in [0.2, 0.25) is 5.95 Å². The third kappa shape index (κ3) is 6.79. The summed E-state index contributed by atoms with van der Waals surface area (Å²) in [6.07, 6.45) is 1.68. The highest BCUT2D eigenvalue weighted by atomic mass is 127. The maximum atomic E-state index is 13.4. The molecule has 0 saturated heterocycles. The molecule has 202 valence electrons. The van der Waals surface area contributed by atoms with Crippen LogP contribution in [0.1, 0.15) is 32.7 Å². The molecule has 13 heteroatoms. The van der Waals surface area contributed by atoms with Crippen LogP contribution in [0.2, 0.25) is 0 Å². The summed E-state index contributed by atoms with van der Waals surface area (Å²) in [4.78, 5) is 15.0. The van der Waals surface area contributed by atoms with Crippen molar-refractivity contribution >= 4 is 83.4 Å². The molecular weight excluding hydrogens is 661 g/mol. The molecule has 0 aliphatic carbocycles. The summed E-state index contributed by atoms with van der Waals surface area (Å²) >= 11 is 3.54. The predicted molar refractivity (Wildman–Crippen MR) is 174 cm³/mol. The van der Waals surface area contributed by atoms with Crippen molar-refractivity contribution in [2.75, 3.05) is 16.6 Å². The van der Waals surface area contributed by atoms with Crippen LogP contribution >= 0.6 is 43.2 Å². The van der Waals surface area contributed by atoms with Crippen molar-refractivity contribution in [1.82, 2.24) is 15.0 Å². The number of rotatable bonds is 8. The largest absolute Gasteiger partial charge is 0.353 e. The fraction of sp³-hybridized carbons (Fsp3) is 0.269. The lowest BCUT2D eigenvalue weighted by molar-refractivity contribution is 0.586. The summed E-state index contributed by atoms with van der Waals surface area (Å²) in [7, 11) is 5.19. The molecule has 8 nitrogen and oxygen atoms in total. The van der Waals surface area contributed by atoms with Crippen molar-refractivity contribution in [3.8, 4) is 21.8 Å². The van der Waals surface area contributed by atoms with E-state index in [-0.39, 0.29) is 27.5 Å². The van der Waals surface area contributed by atoms with E-state index in [0.29, 0.717) is 38.3 Å². The van der Waals surface area contributed by atoms with Gasteiger partial charge in [-0.05, 0) is 58.6 Å². The van der Waals surface area contributed by atoms with Crippen molar-refractivity contribution in [3.63, 3.8) is 0 Å². The monoisotopic (exact) mass is 690 g/mol. The summed E-state index contributed by atoms with van der Waals surface area (Å²) in [6, 6.07) is 12.3. The summed E-state index contributed by atoms with van der Waals surface area (Å²) in [5.41, 5.74) is 8.11. The maximum absolute atomic E-state index is 13.4. The van der Waals surface area contributed by atoms with Crippen LogP contribution in [0.3, 0.4) is 0 Å². The molecule has 0 fully saturated rings. The van der Waals surface area contributed by atoms with E-state index >= 15 is 0 Å². The van der Waals surface area contributed by atoms with Crippen LogP contribution in [0, 0.1) is 3.57 Å². The van der Waals surface area contributed by atoms with E-state index in [1.165, 1.54) is 11.3 Å². The molecule has 2 aromatic heterocycles. The molecule has 0 bridgehead atoms. The minimum absolute atomic E-state index is 0.0587. The first-order valence-corrected chi connectivity index (χ1v) is 16.0. The highest BCUT2D eigenvalue weighted by molar-refractivity contribution is 14.1. The number of aromatic nitrogens is 3. The molecule has 2 unspecified atom stereocenters. The zero-order valence-electron chi connectivity index (χ0n) is 22.0. The van der Waals surface area contributed by atoms with E-state index in [9.17, 15) is 8.42 Å². The van der Waals surface area contributed by atoms with Crippen molar-refractivity contribution in [2.45, 2.75) is 44.0 Å². The Morgan fingerprint density at radius 1 is 1.15 bits per heavy atom. The number of anilines is 2. The molecule has 4 N–H and O–H groups in total. The molecule has 4 aromatic rings. The van der Waals surface area contributed by atoms with Gasteiger partial charge in [0.05, 0.1) is 21.3 Å². The molecule has 0 amide bonds. The number of benzene rings is 2. The first-order valence-electron chi connectivity index (χ1n) is 12.1. The van der Waals surface area contributed by atoms with Crippen LogP contribution in [-0.2, 0) is 15.4 Å². The number of sulfonamides is 1. The van der Waals surface area contributed by atoms with E-state index < -0.39 is 10.0 Å². The van der Waals surface area contributed by atoms with Gasteiger partial charge in [-0.15, -0.1) is 20.6 Å². The van der Waals surface area contributed by atoms with Crippen molar-refractivity contribution in [2.24, 2.45) is 5.73 Å². The lowest BCUT2D eigenvalue weighted by Crippen LogP contribution is -2.25. The molecule has 39 heavy (non-hydrogen) atoms. The van der Waals surface area contributed by atoms with Crippen molar-refractivity contribution < 1.29 is 8.42 Å². The Morgan fingerprint density at radius 3 is 2.54 bits per heavy atom. The second-order valence-electron chi connectivity index (χ2n) is 10.1. The highest BCUT2D eigenvalue weighted by Gasteiger charge is 2.26. The Bertz CT molecular complexity index is 1600. The Balaban J connectivity index is 1.81. The Labute approximate surface area is 250 Å². The van der Waals surface area contributed by atoms with Crippen LogP contribution in [0.5, 0.6) is 0 Å². The molecule has 2 aromatic carbocycles. The lowest BCUT2D eigenvalue weighted by atomic mass is 9.87. The average Bonchev–Trinajstić information content (AvgIpc) is 3.30. The molecule has 0 aliphatic heterocycles. The first kappa shape index (κ1) is 29.9. The van der Waals surface area contributed by atoms with Gasteiger partial charge in [0.25, 0.3) is 10.0 Å². The normalized spacial score (nSPS) is 12.8. The number of hydrogen-bond donors (Lipinski definition) is 3. The molecule has 0 saturated carbocycles. The Hall–Kier alpha value is -2.12. The average molecular weight is 690 g/mol. The third-order valence-corrected chi connectivity index (χ3v) is 10.6. The number of thiazole rings is 1. The van der Waals surface area contributed by atoms with E-state index in [1.54, 1.807) is 36.5 Å². The SMILES string of the molecule is [B]c1c(NS(=O)(=O)c2c(P)cccc2I)cccc1-c1nc(C(C)(C)C)sc1-c1ccnc(NCC(C)N)n1. The number of nitrogens with one attached hydrogen (secondary N) is 2. The molecular formula is C26H29BIN6O2PS2. The van der Waals surface area contributed by atoms with Crippen molar-refractivity contribution in [3.05, 3.63) is 57.2 Å². The quantitative estimate of drug-likeness (QED) is 0.145. The standard InChI is InChI=1S/C26H29BIN6O2PS2/c1-14(29)13-31-25-30-12-11-18(32-25)22-21(33-24(38-22)26(2,3)4)15-7-5-9-17(20(15)27)34-39(35,36)23-16(28)8-6-10-19(23)37/h5-12,14,34H,13,29,37H2,1-4H3,(H,30,31,32). The molecule has 2 radical (unpaired) electrons. The summed E-state index contributed by atoms with van der Waals surface area (Å²) in [6.45, 7) is 8.69. The van der Waals surface area contributed by atoms with Gasteiger partial charge in [-0.1, -0.05) is 50.5 Å². The van der Waals surface area contributed by atoms with Crippen LogP contribution in [0.4, 0.5) is 11.6 Å². The van der Waals surface area contributed by atoms with E-state index in [0.717, 1.165) is 9.88 Å². The van der Waals surface area contributed by atoms with Crippen LogP contribution in [0.15, 0.2) is 53.6 Å². The molecule has 2 atom stereocenters. The van der Waals surface area contributed by atoms with Crippen LogP contribution < -0.4 is 26.5 Å². The highest BCUT2D eigenvalue weighted by Crippen LogP contribution is 2.40. The minimum Gasteiger partial charge on any atom is -0.353 e. The zero-order chi connectivity index (χ0) is 28.5. The van der Waals surface area contributed by atoms with E-state index in [2.05, 4.69) is 45.0 Å². The number of nitrogens with zero attached hydrogens (tertiary/aromatic N) is 3. The van der Waals surface area contributed by atoms with Gasteiger partial charge in [0, 0.05) is 33.5 Å². The summed E-state index contributed by atoms with van der Waals surface area (Å²) < 4.78 is 30.1. The predicted octanol–water partition coefficient (Wildman–Crippen LogP) is 4.02. The Kier molecular flexibility index (Phi) is 9.02. The second kappa shape index (κ2) is 11.8. The minimum atomic E-state index is -3.91. The first-order chi connectivity index (χ1) is 18.3. The molecule has 0 aliphatic rings. The zero-order valence-corrected chi connectivity index (χ0v) is 26.9. The molecule has 0 spiro atoms. The summed E-state index contributed by atoms with van der Waals surface area (Å²) in [5, 5.41) is 4.62. The van der Waals surface area contributed by atoms with Crippen LogP contribution in [-0.4, -0.2) is 43.8 Å². The molecule has 4 rings (SSSR count). The van der Waals surface area contributed by atoms with Gasteiger partial charge in [-0.25, -0.2) is 23.4 Å². The van der Waals surface area contributed by atoms with Gasteiger partial charge < -0.3 is 11.1 Å².